The first kappa shape index (κ1) is 14.8. The second-order valence-electron chi connectivity index (χ2n) is 3.66. The van der Waals surface area contributed by atoms with Gasteiger partial charge in [0.15, 0.2) is 15.1 Å². The average Bonchev–Trinajstić information content (AvgIpc) is 2.37. The number of benzene rings is 2. The summed E-state index contributed by atoms with van der Waals surface area (Å²) >= 11 is 11.6. The van der Waals surface area contributed by atoms with Crippen LogP contribution in [0, 0.1) is 7.14 Å². The Kier molecular flexibility index (Phi) is 5.19. The van der Waals surface area contributed by atoms with Crippen LogP contribution in [0.2, 0.25) is 10.0 Å². The second-order valence-corrected chi connectivity index (χ2v) is 7.40. The molecule has 0 bridgehead atoms. The smallest absolute Gasteiger partial charge is 0.366 e. The van der Waals surface area contributed by atoms with Crippen LogP contribution in [0.3, 0.4) is 0 Å². The first-order chi connectivity index (χ1) is 9.13. The van der Waals surface area contributed by atoms with Gasteiger partial charge in [0.25, 0.3) is 3.57 Å². The fourth-order valence-electron chi connectivity index (χ4n) is 1.58. The molecule has 0 unspecified atom stereocenters. The molecule has 0 radical (unpaired) electrons. The van der Waals surface area contributed by atoms with Crippen LogP contribution in [-0.2, 0) is 0 Å². The number of halogens is 3. The van der Waals surface area contributed by atoms with E-state index in [0.29, 0.717) is 10.0 Å². The van der Waals surface area contributed by atoms with Gasteiger partial charge in [0.2, 0.25) is 0 Å². The normalized spacial score (nSPS) is 10.3. The summed E-state index contributed by atoms with van der Waals surface area (Å²) in [6.45, 7) is 0. The van der Waals surface area contributed by atoms with Gasteiger partial charge in [-0.25, -0.2) is 0 Å². The van der Waals surface area contributed by atoms with E-state index in [9.17, 15) is 0 Å². The summed E-state index contributed by atoms with van der Waals surface area (Å²) < 4.78 is 13.0. The van der Waals surface area contributed by atoms with Crippen molar-refractivity contribution in [1.29, 1.82) is 0 Å². The van der Waals surface area contributed by atoms with E-state index in [2.05, 4.69) is 0 Å². The second kappa shape index (κ2) is 6.68. The first-order valence-electron chi connectivity index (χ1n) is 5.46. The predicted octanol–water partition coefficient (Wildman–Crippen LogP) is 1.14. The lowest BCUT2D eigenvalue weighted by Crippen LogP contribution is -3.61. The van der Waals surface area contributed by atoms with Crippen LogP contribution < -0.4 is 30.7 Å². The lowest BCUT2D eigenvalue weighted by Gasteiger charge is -2.04. The fourth-order valence-corrected chi connectivity index (χ4v) is 5.41. The van der Waals surface area contributed by atoms with E-state index >= 15 is 0 Å². The molecular weight excluding hydrogens is 398 g/mol. The highest BCUT2D eigenvalue weighted by molar-refractivity contribution is 6.34. The highest BCUT2D eigenvalue weighted by Crippen LogP contribution is 2.19. The number of hydrogen-bond acceptors (Lipinski definition) is 2. The van der Waals surface area contributed by atoms with Crippen LogP contribution in [0.5, 0.6) is 11.5 Å². The average molecular weight is 410 g/mol. The van der Waals surface area contributed by atoms with Gasteiger partial charge in [-0.05, 0) is 18.2 Å². The number of methoxy groups -OCH3 is 2. The molecule has 5 heteroatoms. The Morgan fingerprint density at radius 1 is 0.895 bits per heavy atom. The fraction of sp³-hybridized carbons (Fsp3) is 0.143. The summed E-state index contributed by atoms with van der Waals surface area (Å²) in [5.74, 6) is 1.67. The summed E-state index contributed by atoms with van der Waals surface area (Å²) in [6.07, 6.45) is 0. The molecule has 0 aliphatic rings. The number of ether oxygens (including phenoxy) is 2. The zero-order valence-corrected chi connectivity index (χ0v) is 14.1. The van der Waals surface area contributed by atoms with Crippen LogP contribution in [-0.4, -0.2) is 14.2 Å². The van der Waals surface area contributed by atoms with Crippen LogP contribution in [0.25, 0.3) is 0 Å². The summed E-state index contributed by atoms with van der Waals surface area (Å²) in [4.78, 5) is 0. The lowest BCUT2D eigenvalue weighted by atomic mass is 10.3. The van der Waals surface area contributed by atoms with Crippen molar-refractivity contribution in [3.05, 3.63) is 53.6 Å². The minimum Gasteiger partial charge on any atom is -0.492 e. The van der Waals surface area contributed by atoms with Gasteiger partial charge in [-0.3, -0.25) is 0 Å². The Labute approximate surface area is 132 Å². The molecule has 0 heterocycles. The van der Waals surface area contributed by atoms with Crippen molar-refractivity contribution in [3.8, 4) is 11.5 Å². The molecule has 0 aliphatic heterocycles. The molecule has 2 aromatic rings. The van der Waals surface area contributed by atoms with Crippen LogP contribution in [0.1, 0.15) is 0 Å². The molecule has 2 nitrogen and oxygen atoms in total. The lowest BCUT2D eigenvalue weighted by molar-refractivity contribution is -0.598. The molecule has 2 aromatic carbocycles. The Balaban J connectivity index is 2.41. The molecule has 0 amide bonds. The Bertz CT molecular complexity index is 545. The van der Waals surface area contributed by atoms with Gasteiger partial charge in [-0.2, -0.15) is 0 Å². The van der Waals surface area contributed by atoms with Crippen molar-refractivity contribution in [2.75, 3.05) is 14.2 Å². The van der Waals surface area contributed by atoms with E-state index < -0.39 is 21.2 Å². The molecule has 0 fully saturated rings. The van der Waals surface area contributed by atoms with Gasteiger partial charge in [0, 0.05) is 22.2 Å². The van der Waals surface area contributed by atoms with E-state index in [1.54, 1.807) is 20.3 Å². The minimum atomic E-state index is -0.480. The van der Waals surface area contributed by atoms with Crippen molar-refractivity contribution in [2.45, 2.75) is 0 Å². The molecule has 0 spiro atoms. The quantitative estimate of drug-likeness (QED) is 0.705. The number of hydrogen-bond donors (Lipinski definition) is 0. The van der Waals surface area contributed by atoms with Crippen LogP contribution in [0.4, 0.5) is 0 Å². The first-order valence-corrected chi connectivity index (χ1v) is 8.37. The number of rotatable bonds is 4. The van der Waals surface area contributed by atoms with E-state index in [1.165, 1.54) is 0 Å². The molecule has 0 saturated carbocycles. The Hall–Kier alpha value is -0.650. The predicted molar refractivity (Wildman–Crippen MR) is 73.4 cm³/mol. The topological polar surface area (TPSA) is 18.5 Å². The molecule has 0 aliphatic carbocycles. The van der Waals surface area contributed by atoms with Gasteiger partial charge in [0.05, 0.1) is 14.2 Å². The highest BCUT2D eigenvalue weighted by Gasteiger charge is 2.26. The summed E-state index contributed by atoms with van der Waals surface area (Å²) in [7, 11) is 3.32. The van der Waals surface area contributed by atoms with E-state index in [4.69, 9.17) is 32.7 Å². The molecule has 0 saturated heterocycles. The van der Waals surface area contributed by atoms with Crippen LogP contribution in [0.15, 0.2) is 36.4 Å². The van der Waals surface area contributed by atoms with Crippen molar-refractivity contribution in [3.63, 3.8) is 0 Å². The Morgan fingerprint density at radius 2 is 1.42 bits per heavy atom. The molecule has 100 valence electrons. The third-order valence-electron chi connectivity index (χ3n) is 2.40. The largest absolute Gasteiger partial charge is 0.492 e. The zero-order chi connectivity index (χ0) is 13.8. The zero-order valence-electron chi connectivity index (χ0n) is 10.4. The maximum atomic E-state index is 6.03. The van der Waals surface area contributed by atoms with Gasteiger partial charge in [-0.15, -0.1) is 0 Å². The maximum absolute atomic E-state index is 6.03. The van der Waals surface area contributed by atoms with E-state index in [-0.39, 0.29) is 0 Å². The van der Waals surface area contributed by atoms with Gasteiger partial charge in [-0.1, -0.05) is 29.3 Å². The Morgan fingerprint density at radius 3 is 1.89 bits per heavy atom. The summed E-state index contributed by atoms with van der Waals surface area (Å²) in [5, 5.41) is 1.30. The highest BCUT2D eigenvalue weighted by atomic mass is 127. The third-order valence-corrected chi connectivity index (χ3v) is 5.68. The third kappa shape index (κ3) is 3.68. The molecule has 2 rings (SSSR count). The van der Waals surface area contributed by atoms with Crippen molar-refractivity contribution in [2.24, 2.45) is 0 Å². The van der Waals surface area contributed by atoms with Gasteiger partial charge < -0.3 is 9.47 Å². The van der Waals surface area contributed by atoms with Gasteiger partial charge in [0.1, 0.15) is 0 Å². The molecular formula is C14H12Cl2IO2+. The van der Waals surface area contributed by atoms with E-state index in [1.807, 2.05) is 30.3 Å². The summed E-state index contributed by atoms with van der Waals surface area (Å²) in [6, 6.07) is 11.4. The molecule has 0 aromatic heterocycles. The molecule has 0 atom stereocenters. The maximum Gasteiger partial charge on any atom is 0.366 e. The SMILES string of the molecule is COc1cccc(OC)c1[I+]c1cc(Cl)cc(Cl)c1. The van der Waals surface area contributed by atoms with Crippen LogP contribution >= 0.6 is 23.2 Å². The van der Waals surface area contributed by atoms with E-state index in [0.717, 1.165) is 18.6 Å². The minimum absolute atomic E-state index is 0.480. The van der Waals surface area contributed by atoms with Crippen molar-refractivity contribution in [1.82, 2.24) is 0 Å². The van der Waals surface area contributed by atoms with Crippen molar-refractivity contribution < 1.29 is 30.7 Å². The summed E-state index contributed by atoms with van der Waals surface area (Å²) in [5.41, 5.74) is 0. The molecule has 0 N–H and O–H groups in total. The standard InChI is InChI=1S/C14H12Cl2IO2/c1-18-12-4-3-5-13(19-2)14(12)17-11-7-9(15)6-10(16)8-11/h3-8H,1-2H3/q+1. The van der Waals surface area contributed by atoms with Gasteiger partial charge >= 0.3 is 21.2 Å². The molecule has 19 heavy (non-hydrogen) atoms. The van der Waals surface area contributed by atoms with Crippen molar-refractivity contribution >= 4 is 23.2 Å². The monoisotopic (exact) mass is 409 g/mol.